The molecule has 2 aromatic carbocycles. The molecule has 30 heavy (non-hydrogen) atoms. The Morgan fingerprint density at radius 2 is 1.80 bits per heavy atom. The number of thiocarbonyl (C=S) groups is 1. The van der Waals surface area contributed by atoms with E-state index in [0.29, 0.717) is 4.90 Å². The lowest BCUT2D eigenvalue weighted by molar-refractivity contribution is -0.385. The average Bonchev–Trinajstić information content (AvgIpc) is 2.72. The lowest BCUT2D eigenvalue weighted by Crippen LogP contribution is -2.44. The summed E-state index contributed by atoms with van der Waals surface area (Å²) in [7, 11) is 2.73. The van der Waals surface area contributed by atoms with Crippen molar-refractivity contribution in [3.8, 4) is 11.5 Å². The Bertz CT molecular complexity index is 968. The van der Waals surface area contributed by atoms with Gasteiger partial charge in [0.05, 0.1) is 35.9 Å². The van der Waals surface area contributed by atoms with Crippen LogP contribution in [0.15, 0.2) is 35.2 Å². The van der Waals surface area contributed by atoms with Crippen LogP contribution in [0.25, 0.3) is 0 Å². The number of hydrogen-bond donors (Lipinski definition) is 3. The van der Waals surface area contributed by atoms with Gasteiger partial charge in [-0.15, -0.1) is 11.8 Å². The molecular weight excluding hydrogens is 428 g/mol. The van der Waals surface area contributed by atoms with Gasteiger partial charge in [0.25, 0.3) is 0 Å². The van der Waals surface area contributed by atoms with Crippen molar-refractivity contribution in [3.63, 3.8) is 0 Å². The molecule has 0 radical (unpaired) electrons. The van der Waals surface area contributed by atoms with Crippen molar-refractivity contribution < 1.29 is 19.2 Å². The zero-order valence-corrected chi connectivity index (χ0v) is 18.5. The fraction of sp³-hybridized carbons (Fsp3) is 0.263. The summed E-state index contributed by atoms with van der Waals surface area (Å²) < 4.78 is 10.2. The maximum Gasteiger partial charge on any atom is 0.314 e. The standard InChI is InChI=1S/C19H22N4O5S2/c1-11-5-6-13(7-12(11)2)20-19(29)22-21-18(24)10-30-17-9-15(27-3)14(23(25)26)8-16(17)28-4/h5-9H,10H2,1-4H3,(H,21,24)(H2,20,22,29). The fourth-order valence-electron chi connectivity index (χ4n) is 2.40. The molecule has 0 unspecified atom stereocenters. The van der Waals surface area contributed by atoms with E-state index >= 15 is 0 Å². The summed E-state index contributed by atoms with van der Waals surface area (Å²) in [5, 5.41) is 14.3. The molecule has 3 N–H and O–H groups in total. The summed E-state index contributed by atoms with van der Waals surface area (Å²) in [5.41, 5.74) is 8.02. The predicted octanol–water partition coefficient (Wildman–Crippen LogP) is 3.34. The third-order valence-electron chi connectivity index (χ3n) is 4.10. The first-order chi connectivity index (χ1) is 14.2. The highest BCUT2D eigenvalue weighted by molar-refractivity contribution is 8.00. The Hall–Kier alpha value is -3.05. The number of rotatable bonds is 7. The molecule has 2 aromatic rings. The Morgan fingerprint density at radius 1 is 1.10 bits per heavy atom. The Morgan fingerprint density at radius 3 is 2.40 bits per heavy atom. The summed E-state index contributed by atoms with van der Waals surface area (Å²) >= 11 is 6.32. The largest absolute Gasteiger partial charge is 0.495 e. The van der Waals surface area contributed by atoms with Crippen LogP contribution < -0.4 is 25.6 Å². The van der Waals surface area contributed by atoms with Crippen molar-refractivity contribution >= 4 is 46.4 Å². The van der Waals surface area contributed by atoms with Crippen LogP contribution in [-0.4, -0.2) is 35.9 Å². The highest BCUT2D eigenvalue weighted by Gasteiger charge is 2.20. The molecule has 0 aliphatic carbocycles. The minimum absolute atomic E-state index is 0.0244. The van der Waals surface area contributed by atoms with Gasteiger partial charge in [-0.1, -0.05) is 6.07 Å². The van der Waals surface area contributed by atoms with Gasteiger partial charge in [-0.2, -0.15) is 0 Å². The number of nitrogens with zero attached hydrogens (tertiary/aromatic N) is 1. The van der Waals surface area contributed by atoms with Gasteiger partial charge in [-0.3, -0.25) is 25.8 Å². The van der Waals surface area contributed by atoms with Crippen LogP contribution in [0.1, 0.15) is 11.1 Å². The fourth-order valence-corrected chi connectivity index (χ4v) is 3.40. The molecule has 0 aliphatic heterocycles. The molecule has 0 atom stereocenters. The number of aryl methyl sites for hydroxylation is 2. The smallest absolute Gasteiger partial charge is 0.314 e. The minimum Gasteiger partial charge on any atom is -0.495 e. The van der Waals surface area contributed by atoms with Crippen molar-refractivity contribution in [2.24, 2.45) is 0 Å². The van der Waals surface area contributed by atoms with E-state index in [9.17, 15) is 14.9 Å². The summed E-state index contributed by atoms with van der Waals surface area (Å²) in [5.74, 6) is 0.0423. The second-order valence-electron chi connectivity index (χ2n) is 6.15. The molecule has 0 fully saturated rings. The van der Waals surface area contributed by atoms with E-state index in [1.54, 1.807) is 0 Å². The number of hydrazine groups is 1. The quantitative estimate of drug-likeness (QED) is 0.253. The molecule has 160 valence electrons. The third-order valence-corrected chi connectivity index (χ3v) is 5.34. The summed E-state index contributed by atoms with van der Waals surface area (Å²) in [6.07, 6.45) is 0. The number of anilines is 1. The van der Waals surface area contributed by atoms with Gasteiger partial charge < -0.3 is 14.8 Å². The van der Waals surface area contributed by atoms with Crippen LogP contribution in [0.2, 0.25) is 0 Å². The van der Waals surface area contributed by atoms with Gasteiger partial charge in [0.2, 0.25) is 5.91 Å². The second-order valence-corrected chi connectivity index (χ2v) is 7.57. The Labute approximate surface area is 183 Å². The van der Waals surface area contributed by atoms with Gasteiger partial charge in [0, 0.05) is 11.8 Å². The zero-order valence-electron chi connectivity index (χ0n) is 16.9. The van der Waals surface area contributed by atoms with Crippen LogP contribution in [0.5, 0.6) is 11.5 Å². The van der Waals surface area contributed by atoms with E-state index in [-0.39, 0.29) is 34.0 Å². The van der Waals surface area contributed by atoms with E-state index < -0.39 is 4.92 Å². The molecule has 2 rings (SSSR count). The van der Waals surface area contributed by atoms with E-state index in [4.69, 9.17) is 21.7 Å². The molecule has 11 heteroatoms. The first kappa shape index (κ1) is 23.2. The number of ether oxygens (including phenoxy) is 2. The summed E-state index contributed by atoms with van der Waals surface area (Å²) in [4.78, 5) is 23.2. The van der Waals surface area contributed by atoms with Crippen LogP contribution in [0.3, 0.4) is 0 Å². The summed E-state index contributed by atoms with van der Waals surface area (Å²) in [6, 6.07) is 8.55. The maximum atomic E-state index is 12.1. The number of nitro groups is 1. The number of amides is 1. The number of thioether (sulfide) groups is 1. The summed E-state index contributed by atoms with van der Waals surface area (Å²) in [6.45, 7) is 4.01. The van der Waals surface area contributed by atoms with Gasteiger partial charge in [-0.25, -0.2) is 0 Å². The van der Waals surface area contributed by atoms with Crippen molar-refractivity contribution in [1.29, 1.82) is 0 Å². The van der Waals surface area contributed by atoms with Crippen LogP contribution in [0, 0.1) is 24.0 Å². The maximum absolute atomic E-state index is 12.1. The molecule has 9 nitrogen and oxygen atoms in total. The zero-order chi connectivity index (χ0) is 22.3. The first-order valence-corrected chi connectivity index (χ1v) is 10.1. The van der Waals surface area contributed by atoms with E-state index in [0.717, 1.165) is 23.0 Å². The molecule has 1 amide bonds. The first-order valence-electron chi connectivity index (χ1n) is 8.71. The monoisotopic (exact) mass is 450 g/mol. The molecule has 0 spiro atoms. The number of nitrogens with one attached hydrogen (secondary N) is 3. The van der Waals surface area contributed by atoms with E-state index in [1.807, 2.05) is 32.0 Å². The Balaban J connectivity index is 1.91. The number of benzene rings is 2. The molecule has 0 saturated heterocycles. The minimum atomic E-state index is -0.560. The SMILES string of the molecule is COc1cc([N+](=O)[O-])c(OC)cc1SCC(=O)NNC(=S)Nc1ccc(C)c(C)c1. The van der Waals surface area contributed by atoms with Crippen LogP contribution in [-0.2, 0) is 4.79 Å². The third kappa shape index (κ3) is 6.22. The number of nitro benzene ring substituents is 1. The molecule has 0 heterocycles. The normalized spacial score (nSPS) is 10.1. The van der Waals surface area contributed by atoms with Gasteiger partial charge in [-0.05, 0) is 49.3 Å². The van der Waals surface area contributed by atoms with Gasteiger partial charge in [0.1, 0.15) is 5.75 Å². The average molecular weight is 451 g/mol. The highest BCUT2D eigenvalue weighted by Crippen LogP contribution is 2.39. The molecule has 0 aromatic heterocycles. The Kier molecular flexibility index (Phi) is 8.25. The van der Waals surface area contributed by atoms with Crippen LogP contribution in [0.4, 0.5) is 11.4 Å². The number of carbonyl (C=O) groups is 1. The molecule has 0 saturated carbocycles. The van der Waals surface area contributed by atoms with Gasteiger partial charge in [0.15, 0.2) is 10.9 Å². The topological polar surface area (TPSA) is 115 Å². The highest BCUT2D eigenvalue weighted by atomic mass is 32.2. The number of methoxy groups -OCH3 is 2. The van der Waals surface area contributed by atoms with Crippen molar-refractivity contribution in [3.05, 3.63) is 51.6 Å². The van der Waals surface area contributed by atoms with Gasteiger partial charge >= 0.3 is 5.69 Å². The van der Waals surface area contributed by atoms with Crippen molar-refractivity contribution in [1.82, 2.24) is 10.9 Å². The van der Waals surface area contributed by atoms with Crippen molar-refractivity contribution in [2.75, 3.05) is 25.3 Å². The van der Waals surface area contributed by atoms with E-state index in [2.05, 4.69) is 16.2 Å². The predicted molar refractivity (Wildman–Crippen MR) is 120 cm³/mol. The van der Waals surface area contributed by atoms with E-state index in [1.165, 1.54) is 31.9 Å². The molecular formula is C19H22N4O5S2. The van der Waals surface area contributed by atoms with Crippen molar-refractivity contribution in [2.45, 2.75) is 18.7 Å². The number of hydrogen-bond acceptors (Lipinski definition) is 7. The lowest BCUT2D eigenvalue weighted by atomic mass is 10.1. The lowest BCUT2D eigenvalue weighted by Gasteiger charge is -2.13. The molecule has 0 bridgehead atoms. The second kappa shape index (κ2) is 10.6. The molecule has 0 aliphatic rings. The van der Waals surface area contributed by atoms with Crippen LogP contribution >= 0.6 is 24.0 Å². The number of carbonyl (C=O) groups excluding carboxylic acids is 1.